The molecule has 1 aromatic heterocycles. The van der Waals surface area contributed by atoms with Crippen LogP contribution in [-0.4, -0.2) is 36.2 Å². The number of sulfonamides is 1. The van der Waals surface area contributed by atoms with Crippen molar-refractivity contribution in [2.75, 3.05) is 22.0 Å². The number of nitrogens with zero attached hydrogens (tertiary/aromatic N) is 3. The summed E-state index contributed by atoms with van der Waals surface area (Å²) >= 11 is 0. The SMILES string of the molecule is Cc1ccccc1NS(=O)(=O)c1ccc(Nc2nc(Nc3cccc(C(F)(F)F)c3)nc(OCC(F)(F)F)n2)cc1. The molecule has 9 nitrogen and oxygen atoms in total. The lowest BCUT2D eigenvalue weighted by molar-refractivity contribution is -0.154. The molecule has 0 aliphatic heterocycles. The number of aryl methyl sites for hydroxylation is 1. The Hall–Kier alpha value is -4.60. The zero-order chi connectivity index (χ0) is 29.8. The fourth-order valence-electron chi connectivity index (χ4n) is 3.32. The van der Waals surface area contributed by atoms with Crippen LogP contribution in [0.1, 0.15) is 11.1 Å². The maximum Gasteiger partial charge on any atom is 0.422 e. The summed E-state index contributed by atoms with van der Waals surface area (Å²) in [7, 11) is -3.94. The smallest absolute Gasteiger partial charge is 0.422 e. The maximum atomic E-state index is 13.1. The van der Waals surface area contributed by atoms with Gasteiger partial charge in [0.1, 0.15) is 0 Å². The van der Waals surface area contributed by atoms with Crippen LogP contribution in [0.2, 0.25) is 0 Å². The molecule has 0 fully saturated rings. The van der Waals surface area contributed by atoms with E-state index in [1.54, 1.807) is 31.2 Å². The summed E-state index contributed by atoms with van der Waals surface area (Å²) < 4.78 is 110. The van der Waals surface area contributed by atoms with Gasteiger partial charge in [-0.2, -0.15) is 41.3 Å². The molecular weight excluding hydrogens is 578 g/mol. The minimum absolute atomic E-state index is 0.0805. The molecule has 41 heavy (non-hydrogen) atoms. The van der Waals surface area contributed by atoms with E-state index in [0.29, 0.717) is 11.3 Å². The highest BCUT2D eigenvalue weighted by molar-refractivity contribution is 7.92. The Morgan fingerprint density at radius 1 is 0.780 bits per heavy atom. The summed E-state index contributed by atoms with van der Waals surface area (Å²) in [5, 5.41) is 5.17. The standard InChI is InChI=1S/C25H20F6N6O3S/c1-15-5-2-3-8-20(15)37-41(38,39)19-11-9-17(10-12-19)32-21-34-22(36-23(35-21)40-14-24(26,27)28)33-18-7-4-6-16(13-18)25(29,30)31/h2-13,37H,14H2,1H3,(H2,32,33,34,35,36). The van der Waals surface area contributed by atoms with Gasteiger partial charge in [0.2, 0.25) is 11.9 Å². The number of nitrogens with one attached hydrogen (secondary N) is 3. The van der Waals surface area contributed by atoms with Crippen LogP contribution in [0.15, 0.2) is 77.7 Å². The zero-order valence-corrected chi connectivity index (χ0v) is 21.7. The Labute approximate surface area is 229 Å². The van der Waals surface area contributed by atoms with Crippen molar-refractivity contribution in [1.82, 2.24) is 15.0 Å². The van der Waals surface area contributed by atoms with Gasteiger partial charge in [-0.3, -0.25) is 4.72 Å². The van der Waals surface area contributed by atoms with E-state index in [0.717, 1.165) is 18.2 Å². The van der Waals surface area contributed by atoms with Crippen LogP contribution >= 0.6 is 0 Å². The van der Waals surface area contributed by atoms with Crippen LogP contribution in [-0.2, 0) is 16.2 Å². The number of para-hydroxylation sites is 1. The minimum atomic E-state index is -4.72. The average Bonchev–Trinajstić information content (AvgIpc) is 2.88. The maximum absolute atomic E-state index is 13.1. The van der Waals surface area contributed by atoms with Crippen molar-refractivity contribution in [3.8, 4) is 6.01 Å². The fraction of sp³-hybridized carbons (Fsp3) is 0.160. The molecule has 0 bridgehead atoms. The van der Waals surface area contributed by atoms with Crippen molar-refractivity contribution in [3.63, 3.8) is 0 Å². The molecular formula is C25H20F6N6O3S. The monoisotopic (exact) mass is 598 g/mol. The van der Waals surface area contributed by atoms with E-state index in [4.69, 9.17) is 0 Å². The lowest BCUT2D eigenvalue weighted by atomic mass is 10.2. The Morgan fingerprint density at radius 2 is 1.41 bits per heavy atom. The highest BCUT2D eigenvalue weighted by Gasteiger charge is 2.31. The second kappa shape index (κ2) is 11.5. The van der Waals surface area contributed by atoms with Gasteiger partial charge in [0, 0.05) is 11.4 Å². The Kier molecular flexibility index (Phi) is 8.23. The number of benzene rings is 3. The number of hydrogen-bond acceptors (Lipinski definition) is 8. The normalized spacial score (nSPS) is 12.1. The van der Waals surface area contributed by atoms with E-state index < -0.39 is 46.5 Å². The Balaban J connectivity index is 1.57. The molecule has 0 aliphatic carbocycles. The summed E-state index contributed by atoms with van der Waals surface area (Å²) in [6.45, 7) is 0.00230. The molecule has 0 saturated heterocycles. The summed E-state index contributed by atoms with van der Waals surface area (Å²) in [5.74, 6) is -0.749. The average molecular weight is 599 g/mol. The molecule has 216 valence electrons. The molecule has 16 heteroatoms. The van der Waals surface area contributed by atoms with Gasteiger partial charge in [-0.05, 0) is 61.0 Å². The van der Waals surface area contributed by atoms with Crippen LogP contribution in [0, 0.1) is 6.92 Å². The van der Waals surface area contributed by atoms with Crippen molar-refractivity contribution in [2.45, 2.75) is 24.2 Å². The van der Waals surface area contributed by atoms with Crippen LogP contribution in [0.5, 0.6) is 6.01 Å². The largest absolute Gasteiger partial charge is 0.454 e. The summed E-state index contributed by atoms with van der Waals surface area (Å²) in [6.07, 6.45) is -9.36. The number of hydrogen-bond donors (Lipinski definition) is 3. The van der Waals surface area contributed by atoms with Gasteiger partial charge in [0.05, 0.1) is 16.1 Å². The third-order valence-electron chi connectivity index (χ3n) is 5.24. The topological polar surface area (TPSA) is 118 Å². The van der Waals surface area contributed by atoms with Gasteiger partial charge in [-0.15, -0.1) is 0 Å². The van der Waals surface area contributed by atoms with Crippen LogP contribution in [0.25, 0.3) is 0 Å². The van der Waals surface area contributed by atoms with Crippen LogP contribution in [0.3, 0.4) is 0 Å². The number of rotatable bonds is 9. The molecule has 3 aromatic carbocycles. The number of aromatic nitrogens is 3. The van der Waals surface area contributed by atoms with Crippen molar-refractivity contribution in [3.05, 3.63) is 83.9 Å². The van der Waals surface area contributed by atoms with Gasteiger partial charge >= 0.3 is 18.4 Å². The molecule has 4 rings (SSSR count). The van der Waals surface area contributed by atoms with Gasteiger partial charge in [-0.1, -0.05) is 24.3 Å². The number of ether oxygens (including phenoxy) is 1. The molecule has 0 aliphatic rings. The highest BCUT2D eigenvalue weighted by atomic mass is 32.2. The summed E-state index contributed by atoms with van der Waals surface area (Å²) in [6, 6.07) is 15.2. The molecule has 0 radical (unpaired) electrons. The van der Waals surface area contributed by atoms with Crippen LogP contribution in [0.4, 0.5) is 55.3 Å². The second-order valence-electron chi connectivity index (χ2n) is 8.44. The van der Waals surface area contributed by atoms with Gasteiger partial charge in [-0.25, -0.2) is 8.42 Å². The minimum Gasteiger partial charge on any atom is -0.454 e. The second-order valence-corrected chi connectivity index (χ2v) is 10.1. The van der Waals surface area contributed by atoms with Gasteiger partial charge in [0.25, 0.3) is 10.0 Å². The first kappa shape index (κ1) is 29.4. The quantitative estimate of drug-likeness (QED) is 0.189. The van der Waals surface area contributed by atoms with E-state index >= 15 is 0 Å². The zero-order valence-electron chi connectivity index (χ0n) is 20.9. The first-order valence-electron chi connectivity index (χ1n) is 11.5. The van der Waals surface area contributed by atoms with E-state index in [2.05, 4.69) is 35.0 Å². The van der Waals surface area contributed by atoms with Gasteiger partial charge < -0.3 is 15.4 Å². The molecule has 0 spiro atoms. The Morgan fingerprint density at radius 3 is 2.02 bits per heavy atom. The van der Waals surface area contributed by atoms with Crippen molar-refractivity contribution >= 4 is 39.0 Å². The molecule has 0 atom stereocenters. The molecule has 0 amide bonds. The molecule has 0 unspecified atom stereocenters. The van der Waals surface area contributed by atoms with E-state index in [1.165, 1.54) is 30.3 Å². The summed E-state index contributed by atoms with van der Waals surface area (Å²) in [4.78, 5) is 11.4. The van der Waals surface area contributed by atoms with Crippen molar-refractivity contribution in [2.24, 2.45) is 0 Å². The first-order valence-corrected chi connectivity index (χ1v) is 13.0. The predicted molar refractivity (Wildman–Crippen MR) is 138 cm³/mol. The number of anilines is 5. The predicted octanol–water partition coefficient (Wildman–Crippen LogP) is 6.43. The van der Waals surface area contributed by atoms with E-state index in [9.17, 15) is 34.8 Å². The molecule has 3 N–H and O–H groups in total. The Bertz CT molecular complexity index is 1630. The lowest BCUT2D eigenvalue weighted by Crippen LogP contribution is -2.20. The van der Waals surface area contributed by atoms with E-state index in [-0.39, 0.29) is 22.2 Å². The van der Waals surface area contributed by atoms with Crippen molar-refractivity contribution < 1.29 is 39.5 Å². The third kappa shape index (κ3) is 8.20. The molecule has 1 heterocycles. The van der Waals surface area contributed by atoms with Crippen LogP contribution < -0.4 is 20.1 Å². The number of halogens is 6. The lowest BCUT2D eigenvalue weighted by Gasteiger charge is -2.13. The third-order valence-corrected chi connectivity index (χ3v) is 6.62. The van der Waals surface area contributed by atoms with E-state index in [1.807, 2.05) is 0 Å². The van der Waals surface area contributed by atoms with Crippen molar-refractivity contribution in [1.29, 1.82) is 0 Å². The fourth-order valence-corrected chi connectivity index (χ4v) is 4.45. The molecule has 4 aromatic rings. The molecule has 0 saturated carbocycles. The summed E-state index contributed by atoms with van der Waals surface area (Å²) in [5.41, 5.74) is 0.261. The van der Waals surface area contributed by atoms with Gasteiger partial charge in [0.15, 0.2) is 6.61 Å². The number of alkyl halides is 6. The first-order chi connectivity index (χ1) is 19.2. The highest BCUT2D eigenvalue weighted by Crippen LogP contribution is 2.31.